The molecule has 0 saturated heterocycles. The number of halogens is 1. The van der Waals surface area contributed by atoms with Crippen molar-refractivity contribution in [2.45, 2.75) is 19.7 Å². The number of amides is 1. The zero-order valence-electron chi connectivity index (χ0n) is 17.9. The van der Waals surface area contributed by atoms with Crippen molar-refractivity contribution in [2.75, 3.05) is 13.6 Å². The van der Waals surface area contributed by atoms with Gasteiger partial charge in [-0.2, -0.15) is 0 Å². The maximum Gasteiger partial charge on any atom is 0.280 e. The summed E-state index contributed by atoms with van der Waals surface area (Å²) in [5.41, 5.74) is 1.38. The number of carbonyl (C=O) groups is 1. The summed E-state index contributed by atoms with van der Waals surface area (Å²) in [5, 5.41) is 14.9. The van der Waals surface area contributed by atoms with Gasteiger partial charge >= 0.3 is 0 Å². The predicted octanol–water partition coefficient (Wildman–Crippen LogP) is 2.76. The highest BCUT2D eigenvalue weighted by molar-refractivity contribution is 6.05. The van der Waals surface area contributed by atoms with Crippen molar-refractivity contribution in [3.63, 3.8) is 0 Å². The summed E-state index contributed by atoms with van der Waals surface area (Å²) in [7, 11) is 1.68. The van der Waals surface area contributed by atoms with Gasteiger partial charge in [0.25, 0.3) is 17.3 Å². The lowest BCUT2D eigenvalue weighted by atomic mass is 10.2. The van der Waals surface area contributed by atoms with Gasteiger partial charge in [-0.05, 0) is 23.3 Å². The molecule has 2 aromatic carbocycles. The molecular weight excluding hydrogens is 427 g/mol. The number of fused-ring (bicyclic) bond motifs is 3. The van der Waals surface area contributed by atoms with Gasteiger partial charge < -0.3 is 19.3 Å². The molecule has 1 amide bonds. The van der Waals surface area contributed by atoms with E-state index in [0.717, 1.165) is 10.2 Å². The van der Waals surface area contributed by atoms with Gasteiger partial charge in [-0.1, -0.05) is 42.5 Å². The summed E-state index contributed by atoms with van der Waals surface area (Å²) < 4.78 is 22.0. The molecule has 3 heterocycles. The topological polar surface area (TPSA) is 89.6 Å². The summed E-state index contributed by atoms with van der Waals surface area (Å²) in [6.07, 6.45) is 0. The fraction of sp³-hybridized carbons (Fsp3) is 0.208. The molecule has 2 aromatic heterocycles. The van der Waals surface area contributed by atoms with Crippen LogP contribution >= 0.6 is 0 Å². The first-order valence-electron chi connectivity index (χ1n) is 10.5. The van der Waals surface area contributed by atoms with Gasteiger partial charge in [0, 0.05) is 20.1 Å². The van der Waals surface area contributed by atoms with E-state index in [4.69, 9.17) is 4.74 Å². The Morgan fingerprint density at radius 2 is 1.76 bits per heavy atom. The van der Waals surface area contributed by atoms with Crippen LogP contribution in [0.25, 0.3) is 10.9 Å². The molecule has 9 heteroatoms. The Bertz CT molecular complexity index is 1410. The number of hydrogen-bond acceptors (Lipinski definition) is 5. The fourth-order valence-corrected chi connectivity index (χ4v) is 4.07. The standard InChI is InChI=1S/C24H21FN4O4/c1-27-11-12-28-19-18(21(20(28)24(27)32)33-14-16-5-3-2-4-6-16)23(31)29(26-22(19)30)13-15-7-9-17(25)10-8-15/h2-10H,11-14H2,1H3,(H,26,30). The van der Waals surface area contributed by atoms with E-state index in [-0.39, 0.29) is 47.3 Å². The second-order valence-electron chi connectivity index (χ2n) is 7.97. The summed E-state index contributed by atoms with van der Waals surface area (Å²) in [5.74, 6) is -0.943. The Hall–Kier alpha value is -4.14. The summed E-state index contributed by atoms with van der Waals surface area (Å²) >= 11 is 0. The molecule has 0 saturated carbocycles. The first-order valence-corrected chi connectivity index (χ1v) is 10.5. The SMILES string of the molecule is CN1CCn2c(c(OCc3ccccc3)c3c(=O)n(Cc4ccc(F)cc4)nc(O)c32)C1=O. The van der Waals surface area contributed by atoms with Gasteiger partial charge in [0.05, 0.1) is 6.54 Å². The Balaban J connectivity index is 1.68. The molecule has 0 spiro atoms. The largest absolute Gasteiger partial charge is 0.491 e. The van der Waals surface area contributed by atoms with E-state index < -0.39 is 11.4 Å². The van der Waals surface area contributed by atoms with Gasteiger partial charge in [0.15, 0.2) is 11.4 Å². The molecule has 33 heavy (non-hydrogen) atoms. The summed E-state index contributed by atoms with van der Waals surface area (Å²) in [4.78, 5) is 28.1. The minimum absolute atomic E-state index is 0.0229. The zero-order chi connectivity index (χ0) is 23.1. The molecule has 0 fully saturated rings. The molecule has 1 aliphatic rings. The van der Waals surface area contributed by atoms with E-state index in [9.17, 15) is 19.1 Å². The Morgan fingerprint density at radius 1 is 1.03 bits per heavy atom. The van der Waals surface area contributed by atoms with Gasteiger partial charge in [-0.25, -0.2) is 9.07 Å². The third-order valence-corrected chi connectivity index (χ3v) is 5.77. The third-order valence-electron chi connectivity index (χ3n) is 5.77. The van der Waals surface area contributed by atoms with Crippen LogP contribution in [0.4, 0.5) is 4.39 Å². The Labute approximate surface area is 188 Å². The minimum atomic E-state index is -0.507. The zero-order valence-corrected chi connectivity index (χ0v) is 17.9. The first kappa shape index (κ1) is 20.7. The van der Waals surface area contributed by atoms with E-state index in [0.29, 0.717) is 18.7 Å². The molecular formula is C24H21FN4O4. The number of carbonyl (C=O) groups excluding carboxylic acids is 1. The molecule has 168 valence electrons. The summed E-state index contributed by atoms with van der Waals surface area (Å²) in [6, 6.07) is 15.1. The molecule has 5 rings (SSSR count). The van der Waals surface area contributed by atoms with E-state index in [1.54, 1.807) is 28.6 Å². The van der Waals surface area contributed by atoms with E-state index in [2.05, 4.69) is 5.10 Å². The van der Waals surface area contributed by atoms with Crippen LogP contribution in [0.1, 0.15) is 21.6 Å². The summed E-state index contributed by atoms with van der Waals surface area (Å²) in [6.45, 7) is 0.977. The van der Waals surface area contributed by atoms with Crippen LogP contribution in [0.3, 0.4) is 0 Å². The molecule has 1 N–H and O–H groups in total. The van der Waals surface area contributed by atoms with Crippen molar-refractivity contribution >= 4 is 16.8 Å². The van der Waals surface area contributed by atoms with Crippen molar-refractivity contribution in [1.29, 1.82) is 0 Å². The van der Waals surface area contributed by atoms with E-state index in [1.165, 1.54) is 12.1 Å². The molecule has 0 atom stereocenters. The number of likely N-dealkylation sites (N-methyl/N-ethyl adjacent to an activating group) is 1. The van der Waals surface area contributed by atoms with Gasteiger partial charge in [-0.15, -0.1) is 5.10 Å². The minimum Gasteiger partial charge on any atom is -0.491 e. The van der Waals surface area contributed by atoms with Crippen LogP contribution < -0.4 is 10.3 Å². The number of aromatic hydroxyl groups is 1. The molecule has 4 aromatic rings. The normalized spacial score (nSPS) is 13.4. The van der Waals surface area contributed by atoms with Crippen molar-refractivity contribution in [3.05, 3.63) is 87.6 Å². The lowest BCUT2D eigenvalue weighted by Crippen LogP contribution is -2.37. The maximum absolute atomic E-state index is 13.5. The van der Waals surface area contributed by atoms with Crippen molar-refractivity contribution in [3.8, 4) is 11.6 Å². The lowest BCUT2D eigenvalue weighted by molar-refractivity contribution is 0.0744. The lowest BCUT2D eigenvalue weighted by Gasteiger charge is -2.25. The monoisotopic (exact) mass is 448 g/mol. The van der Waals surface area contributed by atoms with Crippen LogP contribution in [-0.2, 0) is 19.7 Å². The Kier molecular flexibility index (Phi) is 5.08. The number of benzene rings is 2. The van der Waals surface area contributed by atoms with Crippen LogP contribution in [0.5, 0.6) is 11.6 Å². The van der Waals surface area contributed by atoms with E-state index >= 15 is 0 Å². The molecule has 0 bridgehead atoms. The number of rotatable bonds is 5. The number of ether oxygens (including phenoxy) is 1. The molecule has 0 aliphatic carbocycles. The van der Waals surface area contributed by atoms with Crippen molar-refractivity contribution in [1.82, 2.24) is 19.2 Å². The molecule has 1 aliphatic heterocycles. The molecule has 0 unspecified atom stereocenters. The fourth-order valence-electron chi connectivity index (χ4n) is 4.07. The third kappa shape index (κ3) is 3.61. The van der Waals surface area contributed by atoms with Crippen LogP contribution in [0.2, 0.25) is 0 Å². The van der Waals surface area contributed by atoms with Crippen LogP contribution in [0.15, 0.2) is 59.4 Å². The maximum atomic E-state index is 13.5. The van der Waals surface area contributed by atoms with Gasteiger partial charge in [0.2, 0.25) is 0 Å². The second-order valence-corrected chi connectivity index (χ2v) is 7.97. The smallest absolute Gasteiger partial charge is 0.280 e. The quantitative estimate of drug-likeness (QED) is 0.507. The highest BCUT2D eigenvalue weighted by atomic mass is 19.1. The molecule has 8 nitrogen and oxygen atoms in total. The van der Waals surface area contributed by atoms with Gasteiger partial charge in [-0.3, -0.25) is 9.59 Å². The second kappa shape index (κ2) is 8.09. The van der Waals surface area contributed by atoms with Crippen molar-refractivity contribution in [2.24, 2.45) is 0 Å². The first-order chi connectivity index (χ1) is 15.9. The Morgan fingerprint density at radius 3 is 2.48 bits per heavy atom. The average molecular weight is 448 g/mol. The molecule has 0 radical (unpaired) electrons. The average Bonchev–Trinajstić information content (AvgIpc) is 3.16. The highest BCUT2D eigenvalue weighted by Gasteiger charge is 2.34. The van der Waals surface area contributed by atoms with Gasteiger partial charge in [0.1, 0.15) is 23.3 Å². The van der Waals surface area contributed by atoms with E-state index in [1.807, 2.05) is 30.3 Å². The van der Waals surface area contributed by atoms with Crippen LogP contribution in [-0.4, -0.2) is 43.9 Å². The highest BCUT2D eigenvalue weighted by Crippen LogP contribution is 2.37. The van der Waals surface area contributed by atoms with Crippen molar-refractivity contribution < 1.29 is 19.0 Å². The number of nitrogens with zero attached hydrogens (tertiary/aromatic N) is 4. The number of hydrogen-bond donors (Lipinski definition) is 1. The predicted molar refractivity (Wildman–Crippen MR) is 119 cm³/mol. The van der Waals surface area contributed by atoms with Crippen LogP contribution in [0, 0.1) is 5.82 Å². The number of aromatic nitrogens is 3.